The fraction of sp³-hybridized carbons (Fsp3) is 0.278. The van der Waals surface area contributed by atoms with Gasteiger partial charge in [-0.1, -0.05) is 18.2 Å². The minimum Gasteiger partial charge on any atom is -0.508 e. The van der Waals surface area contributed by atoms with Crippen molar-refractivity contribution >= 4 is 17.7 Å². The normalized spacial score (nSPS) is 12.2. The van der Waals surface area contributed by atoms with Gasteiger partial charge >= 0.3 is 0 Å². The Morgan fingerprint density at radius 3 is 2.50 bits per heavy atom. The lowest BCUT2D eigenvalue weighted by Crippen LogP contribution is -2.36. The van der Waals surface area contributed by atoms with Crippen LogP contribution >= 0.6 is 0 Å². The lowest BCUT2D eigenvalue weighted by atomic mass is 10.1. The van der Waals surface area contributed by atoms with Gasteiger partial charge in [0.1, 0.15) is 5.75 Å². The van der Waals surface area contributed by atoms with E-state index in [1.807, 2.05) is 49.5 Å². The number of aromatic hydroxyl groups is 1. The first-order chi connectivity index (χ1) is 10.5. The van der Waals surface area contributed by atoms with Crippen molar-refractivity contribution in [1.82, 2.24) is 4.90 Å². The molecule has 0 bridgehead atoms. The van der Waals surface area contributed by atoms with Crippen molar-refractivity contribution in [3.8, 4) is 5.75 Å². The van der Waals surface area contributed by atoms with E-state index in [-0.39, 0.29) is 11.8 Å². The Morgan fingerprint density at radius 1 is 1.14 bits per heavy atom. The molecule has 2 rings (SSSR count). The van der Waals surface area contributed by atoms with Crippen LogP contribution in [-0.2, 0) is 4.79 Å². The molecule has 4 nitrogen and oxygen atoms in total. The van der Waals surface area contributed by atoms with Crippen LogP contribution in [0.15, 0.2) is 48.5 Å². The lowest BCUT2D eigenvalue weighted by Gasteiger charge is -2.31. The number of para-hydroxylation sites is 1. The van der Waals surface area contributed by atoms with Gasteiger partial charge in [-0.2, -0.15) is 0 Å². The van der Waals surface area contributed by atoms with Crippen LogP contribution in [0.25, 0.3) is 0 Å². The van der Waals surface area contributed by atoms with Gasteiger partial charge in [0.15, 0.2) is 0 Å². The van der Waals surface area contributed by atoms with Crippen molar-refractivity contribution in [3.05, 3.63) is 54.1 Å². The Morgan fingerprint density at radius 2 is 1.86 bits per heavy atom. The van der Waals surface area contributed by atoms with E-state index in [2.05, 4.69) is 11.8 Å². The Kier molecular flexibility index (Phi) is 5.17. The standard InChI is InChI=1S/C18H21N2O2/c1-14(19(2)3)12-20(16-8-6-9-17(22)11-16)18-10-5-4-7-15(18)13-21/h4-11,14,22H,12H2,1-3H3. The van der Waals surface area contributed by atoms with Gasteiger partial charge in [-0.3, -0.25) is 4.79 Å². The highest BCUT2D eigenvalue weighted by Gasteiger charge is 2.17. The third kappa shape index (κ3) is 3.65. The lowest BCUT2D eigenvalue weighted by molar-refractivity contribution is 0.319. The maximum atomic E-state index is 11.2. The average molecular weight is 297 g/mol. The van der Waals surface area contributed by atoms with Crippen molar-refractivity contribution in [1.29, 1.82) is 0 Å². The van der Waals surface area contributed by atoms with E-state index in [1.54, 1.807) is 24.3 Å². The quantitative estimate of drug-likeness (QED) is 0.890. The van der Waals surface area contributed by atoms with Gasteiger partial charge < -0.3 is 14.9 Å². The maximum absolute atomic E-state index is 11.2. The van der Waals surface area contributed by atoms with Crippen LogP contribution in [0.4, 0.5) is 11.4 Å². The van der Waals surface area contributed by atoms with Gasteiger partial charge in [-0.05, 0) is 45.3 Å². The molecule has 0 heterocycles. The van der Waals surface area contributed by atoms with Crippen molar-refractivity contribution in [3.63, 3.8) is 0 Å². The molecule has 1 radical (unpaired) electrons. The molecule has 115 valence electrons. The maximum Gasteiger partial charge on any atom is 0.235 e. The molecule has 1 unspecified atom stereocenters. The molecule has 4 heteroatoms. The van der Waals surface area contributed by atoms with Crippen LogP contribution in [-0.4, -0.2) is 43.0 Å². The van der Waals surface area contributed by atoms with Gasteiger partial charge in [-0.15, -0.1) is 0 Å². The molecule has 0 aliphatic carbocycles. The number of phenolic OH excluding ortho intramolecular Hbond substituents is 1. The molecule has 0 fully saturated rings. The molecule has 0 saturated heterocycles. The van der Waals surface area contributed by atoms with Gasteiger partial charge in [0, 0.05) is 29.9 Å². The summed E-state index contributed by atoms with van der Waals surface area (Å²) in [6.07, 6.45) is 2.00. The van der Waals surface area contributed by atoms with Crippen molar-refractivity contribution in [2.75, 3.05) is 25.5 Å². The first-order valence-corrected chi connectivity index (χ1v) is 7.23. The first kappa shape index (κ1) is 16.0. The zero-order valence-electron chi connectivity index (χ0n) is 13.2. The third-order valence-electron chi connectivity index (χ3n) is 3.77. The molecule has 1 atom stereocenters. The molecule has 0 spiro atoms. The molecule has 0 aromatic heterocycles. The van der Waals surface area contributed by atoms with Crippen LogP contribution in [0, 0.1) is 0 Å². The number of phenols is 1. The molecule has 22 heavy (non-hydrogen) atoms. The highest BCUT2D eigenvalue weighted by molar-refractivity contribution is 5.87. The summed E-state index contributed by atoms with van der Waals surface area (Å²) in [5.74, 6) is 0.201. The van der Waals surface area contributed by atoms with Crippen LogP contribution < -0.4 is 4.90 Å². The fourth-order valence-electron chi connectivity index (χ4n) is 2.23. The number of likely N-dealkylation sites (N-methyl/N-ethyl adjacent to an activating group) is 1. The minimum atomic E-state index is 0.201. The zero-order chi connectivity index (χ0) is 16.1. The SMILES string of the molecule is CC(CN(c1cccc(O)c1)c1ccccc1[C]=O)N(C)C. The predicted molar refractivity (Wildman–Crippen MR) is 89.5 cm³/mol. The first-order valence-electron chi connectivity index (χ1n) is 7.23. The number of anilines is 2. The second kappa shape index (κ2) is 7.09. The fourth-order valence-corrected chi connectivity index (χ4v) is 2.23. The summed E-state index contributed by atoms with van der Waals surface area (Å²) in [6.45, 7) is 2.80. The number of hydrogen-bond acceptors (Lipinski definition) is 4. The summed E-state index contributed by atoms with van der Waals surface area (Å²) in [5, 5.41) is 9.76. The van der Waals surface area contributed by atoms with E-state index < -0.39 is 0 Å². The number of nitrogens with zero attached hydrogens (tertiary/aromatic N) is 2. The number of carbonyl (C=O) groups excluding carboxylic acids is 1. The Labute approximate surface area is 131 Å². The smallest absolute Gasteiger partial charge is 0.235 e. The zero-order valence-corrected chi connectivity index (χ0v) is 13.2. The number of benzene rings is 2. The predicted octanol–water partition coefficient (Wildman–Crippen LogP) is 2.94. The van der Waals surface area contributed by atoms with E-state index in [1.165, 1.54) is 0 Å². The van der Waals surface area contributed by atoms with Crippen molar-refractivity contribution in [2.24, 2.45) is 0 Å². The third-order valence-corrected chi connectivity index (χ3v) is 3.77. The average Bonchev–Trinajstić information content (AvgIpc) is 2.52. The van der Waals surface area contributed by atoms with E-state index in [4.69, 9.17) is 0 Å². The van der Waals surface area contributed by atoms with Crippen molar-refractivity contribution in [2.45, 2.75) is 13.0 Å². The Hall–Kier alpha value is -2.33. The Bertz CT molecular complexity index is 640. The van der Waals surface area contributed by atoms with E-state index in [0.29, 0.717) is 12.1 Å². The molecule has 2 aromatic rings. The number of hydrogen-bond donors (Lipinski definition) is 1. The van der Waals surface area contributed by atoms with Crippen LogP contribution in [0.2, 0.25) is 0 Å². The molecular weight excluding hydrogens is 276 g/mol. The monoisotopic (exact) mass is 297 g/mol. The molecule has 0 amide bonds. The molecule has 0 aliphatic heterocycles. The van der Waals surface area contributed by atoms with Crippen LogP contribution in [0.1, 0.15) is 12.5 Å². The molecule has 2 aromatic carbocycles. The molecule has 0 saturated carbocycles. The largest absolute Gasteiger partial charge is 0.508 e. The second-order valence-corrected chi connectivity index (χ2v) is 5.56. The van der Waals surface area contributed by atoms with Crippen LogP contribution in [0.5, 0.6) is 5.75 Å². The summed E-state index contributed by atoms with van der Waals surface area (Å²) < 4.78 is 0. The highest BCUT2D eigenvalue weighted by atomic mass is 16.3. The van der Waals surface area contributed by atoms with Gasteiger partial charge in [0.05, 0.1) is 5.69 Å². The Balaban J connectivity index is 2.47. The molecular formula is C18H21N2O2. The summed E-state index contributed by atoms with van der Waals surface area (Å²) in [6, 6.07) is 14.7. The minimum absolute atomic E-state index is 0.201. The van der Waals surface area contributed by atoms with Gasteiger partial charge in [0.2, 0.25) is 6.29 Å². The highest BCUT2D eigenvalue weighted by Crippen LogP contribution is 2.30. The summed E-state index contributed by atoms with van der Waals surface area (Å²) >= 11 is 0. The summed E-state index contributed by atoms with van der Waals surface area (Å²) in [4.78, 5) is 15.4. The summed E-state index contributed by atoms with van der Waals surface area (Å²) in [7, 11) is 4.03. The van der Waals surface area contributed by atoms with Crippen molar-refractivity contribution < 1.29 is 9.90 Å². The molecule has 0 aliphatic rings. The second-order valence-electron chi connectivity index (χ2n) is 5.56. The van der Waals surface area contributed by atoms with Crippen LogP contribution in [0.3, 0.4) is 0 Å². The van der Waals surface area contributed by atoms with E-state index >= 15 is 0 Å². The summed E-state index contributed by atoms with van der Waals surface area (Å²) in [5.41, 5.74) is 2.14. The molecule has 1 N–H and O–H groups in total. The number of rotatable bonds is 6. The van der Waals surface area contributed by atoms with E-state index in [0.717, 1.165) is 11.4 Å². The van der Waals surface area contributed by atoms with Gasteiger partial charge in [0.25, 0.3) is 0 Å². The van der Waals surface area contributed by atoms with E-state index in [9.17, 15) is 9.90 Å². The topological polar surface area (TPSA) is 43.8 Å². The van der Waals surface area contributed by atoms with Gasteiger partial charge in [-0.25, -0.2) is 0 Å².